The minimum atomic E-state index is -0.748. The van der Waals surface area contributed by atoms with E-state index < -0.39 is 5.54 Å². The van der Waals surface area contributed by atoms with Crippen molar-refractivity contribution >= 4 is 17.8 Å². The lowest BCUT2D eigenvalue weighted by atomic mass is 9.92. The van der Waals surface area contributed by atoms with E-state index in [1.807, 2.05) is 25.3 Å². The molecule has 1 aromatic rings. The minimum absolute atomic E-state index is 0.0746. The van der Waals surface area contributed by atoms with Crippen molar-refractivity contribution in [1.82, 2.24) is 10.2 Å². The normalized spacial score (nSPS) is 24.5. The Balaban J connectivity index is 1.55. The molecule has 0 saturated carbocycles. The summed E-state index contributed by atoms with van der Waals surface area (Å²) in [6, 6.07) is 5.82. The summed E-state index contributed by atoms with van der Waals surface area (Å²) in [5.41, 5.74) is -0.748. The number of aromatic amines is 1. The van der Waals surface area contributed by atoms with E-state index in [4.69, 9.17) is 0 Å². The maximum absolute atomic E-state index is 12.8. The Hall–Kier alpha value is -2.15. The van der Waals surface area contributed by atoms with Crippen LogP contribution in [0.5, 0.6) is 0 Å². The van der Waals surface area contributed by atoms with Gasteiger partial charge in [0.05, 0.1) is 6.20 Å². The predicted molar refractivity (Wildman–Crippen MR) is 98.6 cm³/mol. The van der Waals surface area contributed by atoms with Gasteiger partial charge in [0.15, 0.2) is 6.67 Å². The van der Waals surface area contributed by atoms with E-state index in [-0.39, 0.29) is 11.9 Å². The van der Waals surface area contributed by atoms with Gasteiger partial charge in [0.2, 0.25) is 0 Å². The molecule has 3 N–H and O–H groups in total. The van der Waals surface area contributed by atoms with Crippen molar-refractivity contribution in [3.63, 3.8) is 0 Å². The molecule has 0 aromatic carbocycles. The van der Waals surface area contributed by atoms with Crippen LogP contribution in [0.4, 0.5) is 10.6 Å². The van der Waals surface area contributed by atoms with Crippen molar-refractivity contribution in [3.8, 4) is 0 Å². The average Bonchev–Trinajstić information content (AvgIpc) is 2.85. The molecule has 26 heavy (non-hydrogen) atoms. The molecule has 1 aromatic heterocycles. The first-order chi connectivity index (χ1) is 12.4. The molecule has 2 aliphatic heterocycles. The third-order valence-corrected chi connectivity index (χ3v) is 5.45. The number of imide groups is 1. The zero-order chi connectivity index (χ0) is 18.7. The highest BCUT2D eigenvalue weighted by atomic mass is 16.2. The summed E-state index contributed by atoms with van der Waals surface area (Å²) in [6.45, 7) is 10.2. The fourth-order valence-electron chi connectivity index (χ4n) is 3.66. The third-order valence-electron chi connectivity index (χ3n) is 5.45. The highest BCUT2D eigenvalue weighted by Gasteiger charge is 2.48. The third kappa shape index (κ3) is 3.98. The van der Waals surface area contributed by atoms with E-state index >= 15 is 0 Å². The fraction of sp³-hybridized carbons (Fsp3) is 0.632. The van der Waals surface area contributed by atoms with Gasteiger partial charge in [-0.2, -0.15) is 0 Å². The van der Waals surface area contributed by atoms with Crippen LogP contribution in [0, 0.1) is 5.92 Å². The second-order valence-electron chi connectivity index (χ2n) is 8.07. The molecule has 0 unspecified atom stereocenters. The van der Waals surface area contributed by atoms with Gasteiger partial charge in [0.25, 0.3) is 11.7 Å². The number of hydrogen-bond donors (Lipinski definition) is 2. The molecule has 142 valence electrons. The molecule has 2 saturated heterocycles. The van der Waals surface area contributed by atoms with Crippen LogP contribution in [0.2, 0.25) is 0 Å². The van der Waals surface area contributed by atoms with Gasteiger partial charge in [0.1, 0.15) is 31.7 Å². The Bertz CT molecular complexity index is 643. The summed E-state index contributed by atoms with van der Waals surface area (Å²) in [5.74, 6) is 1.55. The summed E-state index contributed by atoms with van der Waals surface area (Å²) in [7, 11) is 0. The second kappa shape index (κ2) is 7.61. The molecule has 0 aliphatic carbocycles. The summed E-state index contributed by atoms with van der Waals surface area (Å²) in [6.07, 6.45) is 3.55. The van der Waals surface area contributed by atoms with Crippen molar-refractivity contribution in [2.45, 2.75) is 39.2 Å². The quantitative estimate of drug-likeness (QED) is 0.696. The first-order valence-corrected chi connectivity index (χ1v) is 9.58. The number of anilines is 1. The van der Waals surface area contributed by atoms with Gasteiger partial charge >= 0.3 is 6.03 Å². The fourth-order valence-corrected chi connectivity index (χ4v) is 3.66. The van der Waals surface area contributed by atoms with E-state index in [0.717, 1.165) is 38.4 Å². The standard InChI is InChI=1S/C19H29N5O2/c1-15(2)7-8-19(3)17(25)24(18(26)21-19)14-22-10-12-23(13-11-22)16-6-4-5-9-20-16/h4-6,9,15H,7-8,10-14H2,1-3H3,(H,21,26)/p+2/t19-/m1/s1. The van der Waals surface area contributed by atoms with E-state index in [1.54, 1.807) is 0 Å². The molecule has 3 rings (SSSR count). The van der Waals surface area contributed by atoms with Gasteiger partial charge in [-0.05, 0) is 31.7 Å². The number of amides is 3. The van der Waals surface area contributed by atoms with Crippen molar-refractivity contribution in [3.05, 3.63) is 24.4 Å². The highest BCUT2D eigenvalue weighted by Crippen LogP contribution is 2.24. The van der Waals surface area contributed by atoms with E-state index in [1.165, 1.54) is 9.80 Å². The van der Waals surface area contributed by atoms with E-state index in [9.17, 15) is 9.59 Å². The SMILES string of the molecule is CC(C)CC[C@@]1(C)NC(=O)N(C[NH+]2CCN(c3cccc[nH+]3)CC2)C1=O. The highest BCUT2D eigenvalue weighted by molar-refractivity contribution is 6.06. The number of urea groups is 1. The number of nitrogens with one attached hydrogen (secondary N) is 3. The van der Waals surface area contributed by atoms with E-state index in [2.05, 4.69) is 35.1 Å². The minimum Gasteiger partial charge on any atom is -0.323 e. The van der Waals surface area contributed by atoms with E-state index in [0.29, 0.717) is 19.0 Å². The molecule has 1 atom stereocenters. The number of pyridine rings is 1. The maximum atomic E-state index is 12.8. The Kier molecular flexibility index (Phi) is 5.46. The molecule has 3 amide bonds. The van der Waals surface area contributed by atoms with Gasteiger partial charge in [-0.25, -0.2) is 14.7 Å². The number of carbonyl (C=O) groups is 2. The van der Waals surface area contributed by atoms with Crippen molar-refractivity contribution in [1.29, 1.82) is 0 Å². The zero-order valence-corrected chi connectivity index (χ0v) is 16.0. The summed E-state index contributed by atoms with van der Waals surface area (Å²) in [4.78, 5) is 33.5. The van der Waals surface area contributed by atoms with Crippen LogP contribution in [0.15, 0.2) is 24.4 Å². The number of carbonyl (C=O) groups excluding carboxylic acids is 2. The Morgan fingerprint density at radius 1 is 1.27 bits per heavy atom. The number of rotatable bonds is 6. The lowest BCUT2D eigenvalue weighted by molar-refractivity contribution is -0.908. The average molecular weight is 361 g/mol. The molecule has 3 heterocycles. The van der Waals surface area contributed by atoms with Crippen LogP contribution >= 0.6 is 0 Å². The van der Waals surface area contributed by atoms with Crippen LogP contribution in [0.3, 0.4) is 0 Å². The van der Waals surface area contributed by atoms with Crippen LogP contribution in [0.25, 0.3) is 0 Å². The lowest BCUT2D eigenvalue weighted by Gasteiger charge is -2.30. The number of H-pyrrole nitrogens is 1. The van der Waals surface area contributed by atoms with Gasteiger partial charge in [-0.3, -0.25) is 9.69 Å². The Morgan fingerprint density at radius 3 is 2.62 bits per heavy atom. The Morgan fingerprint density at radius 2 is 2.00 bits per heavy atom. The lowest BCUT2D eigenvalue weighted by Crippen LogP contribution is -3.16. The first-order valence-electron chi connectivity index (χ1n) is 9.58. The van der Waals surface area contributed by atoms with Crippen molar-refractivity contribution in [2.75, 3.05) is 37.7 Å². The smallest absolute Gasteiger partial charge is 0.323 e. The maximum Gasteiger partial charge on any atom is 0.329 e. The van der Waals surface area contributed by atoms with Crippen LogP contribution in [0.1, 0.15) is 33.6 Å². The number of hydrogen-bond acceptors (Lipinski definition) is 3. The first kappa shape index (κ1) is 18.6. The topological polar surface area (TPSA) is 71.2 Å². The molecule has 7 nitrogen and oxygen atoms in total. The van der Waals surface area contributed by atoms with Crippen LogP contribution < -0.4 is 20.1 Å². The number of quaternary nitrogens is 1. The second-order valence-corrected chi connectivity index (χ2v) is 8.07. The van der Waals surface area contributed by atoms with Crippen LogP contribution in [-0.2, 0) is 4.79 Å². The van der Waals surface area contributed by atoms with Gasteiger partial charge in [0, 0.05) is 6.07 Å². The monoisotopic (exact) mass is 361 g/mol. The zero-order valence-electron chi connectivity index (χ0n) is 16.0. The summed E-state index contributed by atoms with van der Waals surface area (Å²) >= 11 is 0. The van der Waals surface area contributed by atoms with Crippen LogP contribution in [-0.4, -0.2) is 55.2 Å². The molecular formula is C19H31N5O2+2. The van der Waals surface area contributed by atoms with Crippen molar-refractivity contribution in [2.24, 2.45) is 5.92 Å². The molecule has 7 heteroatoms. The number of aromatic nitrogens is 1. The predicted octanol–water partition coefficient (Wildman–Crippen LogP) is -0.0902. The number of nitrogens with zero attached hydrogens (tertiary/aromatic N) is 2. The molecule has 0 radical (unpaired) electrons. The van der Waals surface area contributed by atoms with Crippen molar-refractivity contribution < 1.29 is 19.5 Å². The molecule has 2 fully saturated rings. The summed E-state index contributed by atoms with van der Waals surface area (Å²) in [5, 5.41) is 2.92. The molecule has 0 spiro atoms. The Labute approximate surface area is 155 Å². The molecule has 2 aliphatic rings. The van der Waals surface area contributed by atoms with Gasteiger partial charge in [-0.1, -0.05) is 19.9 Å². The summed E-state index contributed by atoms with van der Waals surface area (Å²) < 4.78 is 0. The van der Waals surface area contributed by atoms with Gasteiger partial charge in [-0.15, -0.1) is 0 Å². The largest absolute Gasteiger partial charge is 0.329 e. The molecule has 0 bridgehead atoms. The van der Waals surface area contributed by atoms with Gasteiger partial charge < -0.3 is 10.2 Å². The molecular weight excluding hydrogens is 330 g/mol. The number of piperazine rings is 1.